The highest BCUT2D eigenvalue weighted by Crippen LogP contribution is 2.36. The lowest BCUT2D eigenvalue weighted by molar-refractivity contribution is 0.452. The van der Waals surface area contributed by atoms with Crippen LogP contribution in [0.3, 0.4) is 0 Å². The van der Waals surface area contributed by atoms with Crippen molar-refractivity contribution in [2.45, 2.75) is 6.92 Å². The molecule has 4 aromatic rings. The highest BCUT2D eigenvalue weighted by molar-refractivity contribution is 6.34. The molecule has 5 rings (SSSR count). The highest BCUT2D eigenvalue weighted by atomic mass is 16.3. The van der Waals surface area contributed by atoms with Crippen molar-refractivity contribution in [3.05, 3.63) is 112 Å². The first-order valence-electron chi connectivity index (χ1n) is 11.2. The molecule has 178 valence electrons. The van der Waals surface area contributed by atoms with Gasteiger partial charge in [-0.3, -0.25) is 9.48 Å². The van der Waals surface area contributed by atoms with Gasteiger partial charge in [-0.15, -0.1) is 20.4 Å². The van der Waals surface area contributed by atoms with E-state index >= 15 is 0 Å². The number of para-hydroxylation sites is 1. The molecule has 9 nitrogen and oxygen atoms in total. The van der Waals surface area contributed by atoms with E-state index < -0.39 is 0 Å². The maximum atomic E-state index is 13.6. The number of hydrogen-bond acceptors (Lipinski definition) is 7. The van der Waals surface area contributed by atoms with Crippen molar-refractivity contribution < 1.29 is 10.2 Å². The van der Waals surface area contributed by atoms with Gasteiger partial charge < -0.3 is 10.2 Å². The van der Waals surface area contributed by atoms with E-state index in [0.29, 0.717) is 22.5 Å². The SMILES string of the molecule is Cc1c(C2=NN=C(N=Nc3c(O)cccc3O)C2=Cc2ccccc2)c(=O)n(-c2ccccc2)n1C. The Morgan fingerprint density at radius 3 is 2.14 bits per heavy atom. The van der Waals surface area contributed by atoms with Crippen molar-refractivity contribution in [2.75, 3.05) is 0 Å². The van der Waals surface area contributed by atoms with E-state index in [-0.39, 0.29) is 28.6 Å². The summed E-state index contributed by atoms with van der Waals surface area (Å²) in [6, 6.07) is 23.1. The van der Waals surface area contributed by atoms with E-state index in [2.05, 4.69) is 20.4 Å². The predicted octanol–water partition coefficient (Wildman–Crippen LogP) is 4.88. The van der Waals surface area contributed by atoms with Crippen LogP contribution >= 0.6 is 0 Å². The van der Waals surface area contributed by atoms with Crippen molar-refractivity contribution in [1.29, 1.82) is 0 Å². The third kappa shape index (κ3) is 4.03. The maximum Gasteiger partial charge on any atom is 0.281 e. The minimum Gasteiger partial charge on any atom is -0.505 e. The molecule has 0 saturated carbocycles. The summed E-state index contributed by atoms with van der Waals surface area (Å²) in [6.07, 6.45) is 1.83. The van der Waals surface area contributed by atoms with Crippen LogP contribution in [0.1, 0.15) is 16.8 Å². The van der Waals surface area contributed by atoms with Crippen LogP contribution in [0.15, 0.2) is 110 Å². The molecule has 0 atom stereocenters. The number of amidine groups is 1. The van der Waals surface area contributed by atoms with Crippen LogP contribution < -0.4 is 5.56 Å². The van der Waals surface area contributed by atoms with E-state index in [1.165, 1.54) is 18.2 Å². The second-order valence-corrected chi connectivity index (χ2v) is 8.12. The first-order valence-corrected chi connectivity index (χ1v) is 11.2. The summed E-state index contributed by atoms with van der Waals surface area (Å²) < 4.78 is 3.35. The van der Waals surface area contributed by atoms with E-state index in [9.17, 15) is 15.0 Å². The lowest BCUT2D eigenvalue weighted by atomic mass is 10.00. The van der Waals surface area contributed by atoms with Gasteiger partial charge >= 0.3 is 0 Å². The topological polar surface area (TPSA) is 117 Å². The molecule has 0 bridgehead atoms. The molecule has 0 amide bonds. The van der Waals surface area contributed by atoms with Gasteiger partial charge in [-0.25, -0.2) is 4.68 Å². The average Bonchev–Trinajstić information content (AvgIpc) is 3.36. The Morgan fingerprint density at radius 1 is 0.833 bits per heavy atom. The minimum absolute atomic E-state index is 0.0879. The van der Waals surface area contributed by atoms with Gasteiger partial charge in [-0.2, -0.15) is 0 Å². The van der Waals surface area contributed by atoms with Gasteiger partial charge in [-0.1, -0.05) is 54.6 Å². The lowest BCUT2D eigenvalue weighted by Crippen LogP contribution is -2.23. The van der Waals surface area contributed by atoms with Crippen LogP contribution in [0.25, 0.3) is 11.8 Å². The first kappa shape index (κ1) is 22.7. The zero-order valence-electron chi connectivity index (χ0n) is 19.6. The quantitative estimate of drug-likeness (QED) is 0.407. The molecular weight excluding hydrogens is 456 g/mol. The molecule has 1 aliphatic rings. The van der Waals surface area contributed by atoms with Crippen LogP contribution in [0.5, 0.6) is 11.5 Å². The van der Waals surface area contributed by atoms with Crippen LogP contribution in [0.2, 0.25) is 0 Å². The summed E-state index contributed by atoms with van der Waals surface area (Å²) in [7, 11) is 1.81. The van der Waals surface area contributed by atoms with Crippen molar-refractivity contribution in [3.8, 4) is 17.2 Å². The van der Waals surface area contributed by atoms with E-state index in [0.717, 1.165) is 11.3 Å². The van der Waals surface area contributed by atoms with Crippen LogP contribution in [0.4, 0.5) is 5.69 Å². The van der Waals surface area contributed by atoms with Crippen LogP contribution in [-0.2, 0) is 7.05 Å². The molecule has 2 N–H and O–H groups in total. The largest absolute Gasteiger partial charge is 0.505 e. The van der Waals surface area contributed by atoms with Crippen LogP contribution in [-0.4, -0.2) is 31.1 Å². The molecular formula is C27H22N6O3. The summed E-state index contributed by atoms with van der Waals surface area (Å²) in [4.78, 5) is 13.6. The summed E-state index contributed by atoms with van der Waals surface area (Å²) in [5.74, 6) is -0.307. The van der Waals surface area contributed by atoms with Gasteiger partial charge in [0.1, 0.15) is 17.2 Å². The van der Waals surface area contributed by atoms with Gasteiger partial charge in [0.05, 0.1) is 16.8 Å². The minimum atomic E-state index is -0.245. The molecule has 36 heavy (non-hydrogen) atoms. The number of nitrogens with zero attached hydrogens (tertiary/aromatic N) is 6. The van der Waals surface area contributed by atoms with Crippen molar-refractivity contribution in [1.82, 2.24) is 9.36 Å². The molecule has 2 heterocycles. The average molecular weight is 479 g/mol. The monoisotopic (exact) mass is 478 g/mol. The first-order chi connectivity index (χ1) is 17.5. The number of aromatic hydroxyl groups is 2. The molecule has 3 aromatic carbocycles. The number of phenols is 2. The van der Waals surface area contributed by atoms with E-state index in [1.54, 1.807) is 9.36 Å². The van der Waals surface area contributed by atoms with E-state index in [1.807, 2.05) is 80.7 Å². The fourth-order valence-electron chi connectivity index (χ4n) is 3.98. The normalized spacial score (nSPS) is 14.4. The Bertz CT molecular complexity index is 1610. The predicted molar refractivity (Wildman–Crippen MR) is 138 cm³/mol. The number of aromatic nitrogens is 2. The van der Waals surface area contributed by atoms with Gasteiger partial charge in [-0.05, 0) is 42.8 Å². The second-order valence-electron chi connectivity index (χ2n) is 8.12. The zero-order valence-corrected chi connectivity index (χ0v) is 19.6. The van der Waals surface area contributed by atoms with E-state index in [4.69, 9.17) is 0 Å². The Kier molecular flexibility index (Phi) is 5.87. The third-order valence-electron chi connectivity index (χ3n) is 5.88. The molecule has 9 heteroatoms. The molecule has 0 unspecified atom stereocenters. The molecule has 0 radical (unpaired) electrons. The Labute approximate surface area is 206 Å². The molecule has 0 fully saturated rings. The number of azo groups is 1. The van der Waals surface area contributed by atoms with Crippen molar-refractivity contribution in [3.63, 3.8) is 0 Å². The number of benzene rings is 3. The van der Waals surface area contributed by atoms with Crippen molar-refractivity contribution >= 4 is 23.3 Å². The second kappa shape index (κ2) is 9.30. The number of hydrogen-bond donors (Lipinski definition) is 2. The fourth-order valence-corrected chi connectivity index (χ4v) is 3.98. The summed E-state index contributed by atoms with van der Waals surface area (Å²) in [5.41, 5.74) is 3.19. The third-order valence-corrected chi connectivity index (χ3v) is 5.88. The Morgan fingerprint density at radius 2 is 1.47 bits per heavy atom. The zero-order chi connectivity index (χ0) is 25.2. The molecule has 1 aromatic heterocycles. The van der Waals surface area contributed by atoms with Gasteiger partial charge in [0.2, 0.25) is 5.84 Å². The summed E-state index contributed by atoms with van der Waals surface area (Å²) >= 11 is 0. The lowest BCUT2D eigenvalue weighted by Gasteiger charge is -2.07. The summed E-state index contributed by atoms with van der Waals surface area (Å²) in [5, 5.41) is 36.8. The molecule has 0 aliphatic carbocycles. The molecule has 0 saturated heterocycles. The highest BCUT2D eigenvalue weighted by Gasteiger charge is 2.29. The molecule has 0 spiro atoms. The van der Waals surface area contributed by atoms with Crippen LogP contribution in [0, 0.1) is 6.92 Å². The smallest absolute Gasteiger partial charge is 0.281 e. The van der Waals surface area contributed by atoms with Gasteiger partial charge in [0.25, 0.3) is 5.56 Å². The number of rotatable bonds is 4. The number of phenolic OH excluding ortho intramolecular Hbond substituents is 2. The summed E-state index contributed by atoms with van der Waals surface area (Å²) in [6.45, 7) is 1.85. The van der Waals surface area contributed by atoms with Crippen molar-refractivity contribution in [2.24, 2.45) is 27.5 Å². The maximum absolute atomic E-state index is 13.6. The van der Waals surface area contributed by atoms with Gasteiger partial charge in [0.15, 0.2) is 5.69 Å². The Balaban J connectivity index is 1.62. The molecule has 1 aliphatic heterocycles. The standard InChI is InChI=1S/C27H22N6O3/c1-17-23(27(36)33(32(17)2)19-12-7-4-8-13-19)24-20(16-18-10-5-3-6-11-18)26(30-28-24)31-29-25-21(34)14-9-15-22(25)35/h3-16,34-35H,1-2H3. The fraction of sp³-hybridized carbons (Fsp3) is 0.0741. The Hall–Kier alpha value is -5.05. The van der Waals surface area contributed by atoms with Gasteiger partial charge in [0, 0.05) is 12.7 Å².